The predicted octanol–water partition coefficient (Wildman–Crippen LogP) is 6.91. The van der Waals surface area contributed by atoms with Gasteiger partial charge in [0.2, 0.25) is 0 Å². The van der Waals surface area contributed by atoms with Gasteiger partial charge in [0, 0.05) is 24.5 Å². The van der Waals surface area contributed by atoms with Crippen molar-refractivity contribution in [1.82, 2.24) is 19.7 Å². The van der Waals surface area contributed by atoms with E-state index in [1.165, 1.54) is 0 Å². The molecule has 3 aromatic rings. The quantitative estimate of drug-likeness (QED) is 0.227. The van der Waals surface area contributed by atoms with Crippen molar-refractivity contribution in [3.8, 4) is 0 Å². The normalized spacial score (nSPS) is 14.5. The van der Waals surface area contributed by atoms with Gasteiger partial charge in [-0.05, 0) is 31.0 Å². The fraction of sp³-hybridized carbons (Fsp3) is 0.360. The van der Waals surface area contributed by atoms with Crippen LogP contribution in [-0.4, -0.2) is 37.9 Å². The molecular weight excluding hydrogens is 554 g/mol. The minimum Gasteiger partial charge on any atom is -0.326 e. The van der Waals surface area contributed by atoms with E-state index in [-0.39, 0.29) is 21.2 Å². The van der Waals surface area contributed by atoms with Crippen molar-refractivity contribution < 1.29 is 31.5 Å². The number of rotatable bonds is 7. The van der Waals surface area contributed by atoms with Gasteiger partial charge in [0.1, 0.15) is 11.6 Å². The molecule has 1 amide bonds. The molecule has 38 heavy (non-hydrogen) atoms. The summed E-state index contributed by atoms with van der Waals surface area (Å²) in [5.41, 5.74) is -2.62. The smallest absolute Gasteiger partial charge is 0.326 e. The number of aromatic nitrogens is 3. The van der Waals surface area contributed by atoms with E-state index < -0.39 is 59.9 Å². The Kier molecular flexibility index (Phi) is 8.37. The number of amides is 1. The summed E-state index contributed by atoms with van der Waals surface area (Å²) in [6.45, 7) is -1.54. The topological polar surface area (TPSA) is 68.1 Å². The van der Waals surface area contributed by atoms with Crippen LogP contribution in [0.5, 0.6) is 0 Å². The first kappa shape index (κ1) is 28.0. The number of Topliss-reactive ketones (excluding diaryl/α,β-unsaturated/α-hetero) is 1. The molecule has 1 aliphatic carbocycles. The molecule has 13 heteroatoms. The molecule has 0 unspecified atom stereocenters. The highest BCUT2D eigenvalue weighted by atomic mass is 35.5. The summed E-state index contributed by atoms with van der Waals surface area (Å²) >= 11 is 12.1. The van der Waals surface area contributed by atoms with Crippen LogP contribution in [0, 0.1) is 11.6 Å². The lowest BCUT2D eigenvalue weighted by atomic mass is 9.95. The van der Waals surface area contributed by atoms with E-state index in [1.807, 2.05) is 0 Å². The maximum Gasteiger partial charge on any atom is 0.433 e. The number of hydrogen-bond donors (Lipinski definition) is 0. The number of hydrogen-bond acceptors (Lipinski definition) is 4. The third-order valence-corrected chi connectivity index (χ3v) is 6.91. The molecule has 202 valence electrons. The van der Waals surface area contributed by atoms with Gasteiger partial charge in [0.05, 0.1) is 40.0 Å². The number of halogens is 7. The Balaban J connectivity index is 1.76. The van der Waals surface area contributed by atoms with E-state index in [0.717, 1.165) is 60.7 Å². The van der Waals surface area contributed by atoms with E-state index >= 15 is 0 Å². The Bertz CT molecular complexity index is 1340. The van der Waals surface area contributed by atoms with Gasteiger partial charge in [-0.2, -0.15) is 18.3 Å². The zero-order chi connectivity index (χ0) is 27.6. The second-order valence-electron chi connectivity index (χ2n) is 8.94. The minimum atomic E-state index is -4.95. The van der Waals surface area contributed by atoms with E-state index in [9.17, 15) is 31.5 Å². The molecule has 4 rings (SSSR count). The lowest BCUT2D eigenvalue weighted by Gasteiger charge is -2.26. The van der Waals surface area contributed by atoms with Crippen LogP contribution in [0.1, 0.15) is 70.1 Å². The zero-order valence-electron chi connectivity index (χ0n) is 19.7. The fourth-order valence-electron chi connectivity index (χ4n) is 4.57. The van der Waals surface area contributed by atoms with Crippen LogP contribution >= 0.6 is 23.2 Å². The molecule has 0 atom stereocenters. The maximum absolute atomic E-state index is 14.5. The lowest BCUT2D eigenvalue weighted by molar-refractivity contribution is -0.145. The van der Waals surface area contributed by atoms with E-state index in [2.05, 4.69) is 10.1 Å². The lowest BCUT2D eigenvalue weighted by Crippen LogP contribution is -2.37. The van der Waals surface area contributed by atoms with Gasteiger partial charge in [0.25, 0.3) is 5.91 Å². The monoisotopic (exact) mass is 574 g/mol. The number of alkyl halides is 3. The average molecular weight is 575 g/mol. The number of carbonyl (C=O) groups excluding carboxylic acids is 2. The summed E-state index contributed by atoms with van der Waals surface area (Å²) < 4.78 is 71.9. The number of nitrogens with zero attached hydrogens (tertiary/aromatic N) is 4. The van der Waals surface area contributed by atoms with Crippen molar-refractivity contribution in [2.75, 3.05) is 6.54 Å². The van der Waals surface area contributed by atoms with Gasteiger partial charge < -0.3 is 4.90 Å². The SMILES string of the molecule is O=C(CN(Cc1cc(F)ccc1F)C(=O)c1cnn(C2CCCCC2)c1C(F)(F)F)c1c(Cl)cncc1Cl. The average Bonchev–Trinajstić information content (AvgIpc) is 3.32. The Morgan fingerprint density at radius 2 is 1.68 bits per heavy atom. The Hall–Kier alpha value is -3.05. The molecule has 2 aromatic heterocycles. The number of ketones is 1. The van der Waals surface area contributed by atoms with Gasteiger partial charge in [-0.3, -0.25) is 19.3 Å². The first-order chi connectivity index (χ1) is 18.0. The van der Waals surface area contributed by atoms with Crippen molar-refractivity contribution in [3.05, 3.63) is 80.9 Å². The van der Waals surface area contributed by atoms with Crippen molar-refractivity contribution in [2.24, 2.45) is 0 Å². The number of pyridine rings is 1. The van der Waals surface area contributed by atoms with Crippen LogP contribution in [-0.2, 0) is 12.7 Å². The van der Waals surface area contributed by atoms with Gasteiger partial charge in [-0.25, -0.2) is 8.78 Å². The Morgan fingerprint density at radius 3 is 2.32 bits per heavy atom. The van der Waals surface area contributed by atoms with Crippen LogP contribution < -0.4 is 0 Å². The molecule has 1 aliphatic rings. The predicted molar refractivity (Wildman–Crippen MR) is 129 cm³/mol. The Morgan fingerprint density at radius 1 is 1.03 bits per heavy atom. The molecule has 1 fully saturated rings. The number of benzene rings is 1. The van der Waals surface area contributed by atoms with Crippen LogP contribution in [0.25, 0.3) is 0 Å². The Labute approximate surface area is 224 Å². The first-order valence-electron chi connectivity index (χ1n) is 11.7. The van der Waals surface area contributed by atoms with E-state index in [4.69, 9.17) is 23.2 Å². The highest BCUT2D eigenvalue weighted by Gasteiger charge is 2.43. The van der Waals surface area contributed by atoms with Crippen molar-refractivity contribution in [2.45, 2.75) is 50.9 Å². The van der Waals surface area contributed by atoms with Gasteiger partial charge in [0.15, 0.2) is 11.5 Å². The van der Waals surface area contributed by atoms with Crippen LogP contribution in [0.3, 0.4) is 0 Å². The van der Waals surface area contributed by atoms with Crippen molar-refractivity contribution in [1.29, 1.82) is 0 Å². The van der Waals surface area contributed by atoms with Crippen LogP contribution in [0.15, 0.2) is 36.8 Å². The summed E-state index contributed by atoms with van der Waals surface area (Å²) in [7, 11) is 0. The molecule has 0 saturated heterocycles. The molecule has 0 bridgehead atoms. The molecule has 1 saturated carbocycles. The standard InChI is InChI=1S/C25H21Cl2F5N4O2/c26-18-10-33-11-19(27)22(18)21(37)13-35(12-14-8-15(28)6-7-20(14)29)24(38)17-9-34-36(23(17)25(30,31)32)16-4-2-1-3-5-16/h6-11,16H,1-5,12-13H2. The van der Waals surface area contributed by atoms with Crippen molar-refractivity contribution >= 4 is 34.9 Å². The van der Waals surface area contributed by atoms with Gasteiger partial charge in [-0.1, -0.05) is 42.5 Å². The maximum atomic E-state index is 14.5. The largest absolute Gasteiger partial charge is 0.433 e. The highest BCUT2D eigenvalue weighted by molar-refractivity contribution is 6.39. The first-order valence-corrected chi connectivity index (χ1v) is 12.4. The second kappa shape index (κ2) is 11.4. The molecule has 0 spiro atoms. The summed E-state index contributed by atoms with van der Waals surface area (Å²) in [4.78, 5) is 31.1. The molecular formula is C25H21Cl2F5N4O2. The summed E-state index contributed by atoms with van der Waals surface area (Å²) in [5.74, 6) is -3.81. The fourth-order valence-corrected chi connectivity index (χ4v) is 5.15. The molecule has 1 aromatic carbocycles. The molecule has 0 radical (unpaired) electrons. The van der Waals surface area contributed by atoms with Gasteiger partial charge in [-0.15, -0.1) is 0 Å². The molecule has 0 N–H and O–H groups in total. The van der Waals surface area contributed by atoms with Gasteiger partial charge >= 0.3 is 6.18 Å². The zero-order valence-corrected chi connectivity index (χ0v) is 21.3. The van der Waals surface area contributed by atoms with Crippen LogP contribution in [0.4, 0.5) is 22.0 Å². The van der Waals surface area contributed by atoms with Crippen molar-refractivity contribution in [3.63, 3.8) is 0 Å². The molecule has 0 aliphatic heterocycles. The van der Waals surface area contributed by atoms with Crippen LogP contribution in [0.2, 0.25) is 10.0 Å². The van der Waals surface area contributed by atoms with E-state index in [0.29, 0.717) is 17.7 Å². The highest BCUT2D eigenvalue weighted by Crippen LogP contribution is 2.38. The minimum absolute atomic E-state index is 0.145. The summed E-state index contributed by atoms with van der Waals surface area (Å²) in [6.07, 6.45) is 1.38. The summed E-state index contributed by atoms with van der Waals surface area (Å²) in [5, 5.41) is 3.60. The second-order valence-corrected chi connectivity index (χ2v) is 9.75. The molecule has 6 nitrogen and oxygen atoms in total. The molecule has 2 heterocycles. The third-order valence-electron chi connectivity index (χ3n) is 6.34. The van der Waals surface area contributed by atoms with E-state index in [1.54, 1.807) is 0 Å². The number of carbonyl (C=O) groups is 2. The summed E-state index contributed by atoms with van der Waals surface area (Å²) in [6, 6.07) is 1.91. The third kappa shape index (κ3) is 5.99.